The molecule has 1 unspecified atom stereocenters. The number of alkyl halides is 3. The van der Waals surface area contributed by atoms with Gasteiger partial charge in [-0.3, -0.25) is 4.79 Å². The largest absolute Gasteiger partial charge is 0.491 e. The predicted octanol–water partition coefficient (Wildman–Crippen LogP) is 2.06. The SMILES string of the molecule is CNCC(C)C(=O)NCCOc1ccccc1C(F)(F)F. The number of para-hydroxylation sites is 1. The average Bonchev–Trinajstić information content (AvgIpc) is 2.43. The molecule has 0 aliphatic carbocycles. The fourth-order valence-corrected chi connectivity index (χ4v) is 1.74. The topological polar surface area (TPSA) is 50.4 Å². The van der Waals surface area contributed by atoms with Crippen LogP contribution >= 0.6 is 0 Å². The second-order valence-corrected chi connectivity index (χ2v) is 4.59. The lowest BCUT2D eigenvalue weighted by molar-refractivity contribution is -0.139. The molecule has 2 N–H and O–H groups in total. The highest BCUT2D eigenvalue weighted by atomic mass is 19.4. The standard InChI is InChI=1S/C14H19F3N2O2/c1-10(9-18-2)13(20)19-7-8-21-12-6-4-3-5-11(12)14(15,16)17/h3-6,10,18H,7-9H2,1-2H3,(H,19,20). The van der Waals surface area contributed by atoms with Crippen molar-refractivity contribution in [3.8, 4) is 5.75 Å². The highest BCUT2D eigenvalue weighted by Gasteiger charge is 2.33. The van der Waals surface area contributed by atoms with Crippen molar-refractivity contribution in [1.29, 1.82) is 0 Å². The summed E-state index contributed by atoms with van der Waals surface area (Å²) in [5.74, 6) is -0.614. The third kappa shape index (κ3) is 5.63. The quantitative estimate of drug-likeness (QED) is 0.758. The minimum absolute atomic E-state index is 0.0227. The molecule has 0 spiro atoms. The van der Waals surface area contributed by atoms with Crippen molar-refractivity contribution in [1.82, 2.24) is 10.6 Å². The maximum Gasteiger partial charge on any atom is 0.419 e. The lowest BCUT2D eigenvalue weighted by Gasteiger charge is -2.15. The van der Waals surface area contributed by atoms with Crippen LogP contribution in [0.3, 0.4) is 0 Å². The molecule has 0 fully saturated rings. The van der Waals surface area contributed by atoms with Gasteiger partial charge in [-0.05, 0) is 19.2 Å². The van der Waals surface area contributed by atoms with Gasteiger partial charge in [-0.25, -0.2) is 0 Å². The first-order valence-corrected chi connectivity index (χ1v) is 6.57. The normalized spacial score (nSPS) is 12.8. The highest BCUT2D eigenvalue weighted by molar-refractivity contribution is 5.78. The summed E-state index contributed by atoms with van der Waals surface area (Å²) >= 11 is 0. The van der Waals surface area contributed by atoms with Crippen LogP contribution in [0.5, 0.6) is 5.75 Å². The number of hydrogen-bond acceptors (Lipinski definition) is 3. The highest BCUT2D eigenvalue weighted by Crippen LogP contribution is 2.35. The van der Waals surface area contributed by atoms with Gasteiger partial charge in [0.2, 0.25) is 5.91 Å². The maximum atomic E-state index is 12.7. The van der Waals surface area contributed by atoms with Crippen LogP contribution in [0, 0.1) is 5.92 Å². The van der Waals surface area contributed by atoms with Gasteiger partial charge in [0.25, 0.3) is 0 Å². The number of rotatable bonds is 7. The molecule has 0 aliphatic rings. The van der Waals surface area contributed by atoms with Crippen LogP contribution in [0.15, 0.2) is 24.3 Å². The monoisotopic (exact) mass is 304 g/mol. The zero-order valence-electron chi connectivity index (χ0n) is 12.0. The molecule has 1 amide bonds. The molecular weight excluding hydrogens is 285 g/mol. The molecule has 118 valence electrons. The molecule has 7 heteroatoms. The van der Waals surface area contributed by atoms with E-state index < -0.39 is 11.7 Å². The molecule has 1 atom stereocenters. The van der Waals surface area contributed by atoms with Gasteiger partial charge < -0.3 is 15.4 Å². The summed E-state index contributed by atoms with van der Waals surface area (Å²) in [7, 11) is 1.74. The Morgan fingerprint density at radius 2 is 2.00 bits per heavy atom. The van der Waals surface area contributed by atoms with Gasteiger partial charge in [-0.1, -0.05) is 19.1 Å². The summed E-state index contributed by atoms with van der Waals surface area (Å²) in [5, 5.41) is 5.48. The fourth-order valence-electron chi connectivity index (χ4n) is 1.74. The van der Waals surface area contributed by atoms with Crippen LogP contribution < -0.4 is 15.4 Å². The van der Waals surface area contributed by atoms with Crippen LogP contribution in [0.25, 0.3) is 0 Å². The van der Waals surface area contributed by atoms with E-state index >= 15 is 0 Å². The zero-order valence-corrected chi connectivity index (χ0v) is 12.0. The van der Waals surface area contributed by atoms with E-state index in [-0.39, 0.29) is 30.7 Å². The molecule has 4 nitrogen and oxygen atoms in total. The predicted molar refractivity (Wildman–Crippen MR) is 73.0 cm³/mol. The smallest absolute Gasteiger partial charge is 0.419 e. The number of hydrogen-bond donors (Lipinski definition) is 2. The van der Waals surface area contributed by atoms with Gasteiger partial charge in [-0.15, -0.1) is 0 Å². The number of amides is 1. The molecule has 21 heavy (non-hydrogen) atoms. The van der Waals surface area contributed by atoms with Gasteiger partial charge in [-0.2, -0.15) is 13.2 Å². The number of ether oxygens (including phenoxy) is 1. The van der Waals surface area contributed by atoms with E-state index in [0.717, 1.165) is 6.07 Å². The number of halogens is 3. The Kier molecular flexibility index (Phi) is 6.48. The van der Waals surface area contributed by atoms with Crippen molar-refractivity contribution in [2.24, 2.45) is 5.92 Å². The molecule has 0 radical (unpaired) electrons. The van der Waals surface area contributed by atoms with Crippen molar-refractivity contribution in [3.05, 3.63) is 29.8 Å². The lowest BCUT2D eigenvalue weighted by atomic mass is 10.1. The Morgan fingerprint density at radius 1 is 1.33 bits per heavy atom. The van der Waals surface area contributed by atoms with Crippen molar-refractivity contribution in [3.63, 3.8) is 0 Å². The van der Waals surface area contributed by atoms with Crippen LogP contribution in [0.4, 0.5) is 13.2 Å². The molecule has 0 aliphatic heterocycles. The zero-order chi connectivity index (χ0) is 15.9. The maximum absolute atomic E-state index is 12.7. The fraction of sp³-hybridized carbons (Fsp3) is 0.500. The molecule has 0 heterocycles. The van der Waals surface area contributed by atoms with E-state index in [0.29, 0.717) is 6.54 Å². The van der Waals surface area contributed by atoms with Crippen LogP contribution in [-0.4, -0.2) is 32.7 Å². The average molecular weight is 304 g/mol. The second kappa shape index (κ2) is 7.87. The Balaban J connectivity index is 2.45. The Bertz CT molecular complexity index is 464. The summed E-state index contributed by atoms with van der Waals surface area (Å²) < 4.78 is 43.3. The molecule has 1 aromatic rings. The third-order valence-corrected chi connectivity index (χ3v) is 2.81. The van der Waals surface area contributed by atoms with E-state index in [2.05, 4.69) is 10.6 Å². The summed E-state index contributed by atoms with van der Waals surface area (Å²) in [5.41, 5.74) is -0.820. The van der Waals surface area contributed by atoms with E-state index in [4.69, 9.17) is 4.74 Å². The number of nitrogens with one attached hydrogen (secondary N) is 2. The summed E-state index contributed by atoms with van der Waals surface area (Å²) in [6.45, 7) is 2.42. The summed E-state index contributed by atoms with van der Waals surface area (Å²) in [6.07, 6.45) is -4.46. The van der Waals surface area contributed by atoms with Gasteiger partial charge >= 0.3 is 6.18 Å². The Hall–Kier alpha value is -1.76. The minimum atomic E-state index is -4.46. The molecule has 0 aromatic heterocycles. The van der Waals surface area contributed by atoms with Gasteiger partial charge in [0, 0.05) is 12.5 Å². The molecule has 0 bridgehead atoms. The van der Waals surface area contributed by atoms with Gasteiger partial charge in [0.15, 0.2) is 0 Å². The minimum Gasteiger partial charge on any atom is -0.491 e. The Labute approximate surface area is 121 Å². The van der Waals surface area contributed by atoms with Gasteiger partial charge in [0.1, 0.15) is 12.4 Å². The third-order valence-electron chi connectivity index (χ3n) is 2.81. The lowest BCUT2D eigenvalue weighted by Crippen LogP contribution is -2.36. The van der Waals surface area contributed by atoms with Crippen molar-refractivity contribution < 1.29 is 22.7 Å². The number of carbonyl (C=O) groups is 1. The Morgan fingerprint density at radius 3 is 2.62 bits per heavy atom. The molecule has 0 saturated heterocycles. The van der Waals surface area contributed by atoms with Crippen LogP contribution in [-0.2, 0) is 11.0 Å². The van der Waals surface area contributed by atoms with E-state index in [1.54, 1.807) is 14.0 Å². The second-order valence-electron chi connectivity index (χ2n) is 4.59. The van der Waals surface area contributed by atoms with Crippen molar-refractivity contribution in [2.45, 2.75) is 13.1 Å². The van der Waals surface area contributed by atoms with Gasteiger partial charge in [0.05, 0.1) is 12.1 Å². The molecule has 0 saturated carbocycles. The van der Waals surface area contributed by atoms with Crippen molar-refractivity contribution >= 4 is 5.91 Å². The first-order chi connectivity index (χ1) is 9.86. The number of carbonyl (C=O) groups excluding carboxylic acids is 1. The summed E-state index contributed by atoms with van der Waals surface area (Å²) in [4.78, 5) is 11.6. The first kappa shape index (κ1) is 17.3. The molecule has 1 rings (SSSR count). The first-order valence-electron chi connectivity index (χ1n) is 6.57. The van der Waals surface area contributed by atoms with Crippen LogP contribution in [0.1, 0.15) is 12.5 Å². The van der Waals surface area contributed by atoms with E-state index in [1.807, 2.05) is 0 Å². The molecular formula is C14H19F3N2O2. The van der Waals surface area contributed by atoms with E-state index in [9.17, 15) is 18.0 Å². The molecule has 1 aromatic carbocycles. The number of benzene rings is 1. The van der Waals surface area contributed by atoms with Crippen molar-refractivity contribution in [2.75, 3.05) is 26.7 Å². The summed E-state index contributed by atoms with van der Waals surface area (Å²) in [6, 6.07) is 4.99. The van der Waals surface area contributed by atoms with Crippen LogP contribution in [0.2, 0.25) is 0 Å². The van der Waals surface area contributed by atoms with E-state index in [1.165, 1.54) is 18.2 Å².